The largest absolute Gasteiger partial charge is 0.486 e. The minimum atomic E-state index is -1.04. The summed E-state index contributed by atoms with van der Waals surface area (Å²) in [6.07, 6.45) is 5.28. The van der Waals surface area contributed by atoms with Crippen molar-refractivity contribution >= 4 is 47.2 Å². The molecule has 13 heteroatoms. The van der Waals surface area contributed by atoms with Gasteiger partial charge in [-0.1, -0.05) is 36.4 Å². The summed E-state index contributed by atoms with van der Waals surface area (Å²) in [7, 11) is 0. The van der Waals surface area contributed by atoms with Crippen molar-refractivity contribution in [3.8, 4) is 23.0 Å². The van der Waals surface area contributed by atoms with Crippen LogP contribution in [-0.2, 0) is 9.59 Å². The summed E-state index contributed by atoms with van der Waals surface area (Å²) < 4.78 is 47.5. The third-order valence-corrected chi connectivity index (χ3v) is 7.06. The van der Waals surface area contributed by atoms with Crippen molar-refractivity contribution in [2.75, 3.05) is 31.8 Å². The molecule has 0 aromatic heterocycles. The van der Waals surface area contributed by atoms with Crippen LogP contribution in [0.1, 0.15) is 48.2 Å². The molecule has 0 saturated heterocycles. The summed E-state index contributed by atoms with van der Waals surface area (Å²) in [5.74, 6) is 1.03. The predicted molar refractivity (Wildman–Crippen MR) is 199 cm³/mol. The number of nitrogens with two attached hydrogens (primary N) is 1. The third-order valence-electron chi connectivity index (χ3n) is 7.06. The van der Waals surface area contributed by atoms with Crippen LogP contribution in [0.25, 0.3) is 12.2 Å². The zero-order valence-electron chi connectivity index (χ0n) is 28.6. The fourth-order valence-corrected chi connectivity index (χ4v) is 4.58. The number of alkyl halides is 2. The molecule has 4 aromatic rings. The number of ether oxygens (including phenoxy) is 4. The predicted octanol–water partition coefficient (Wildman–Crippen LogP) is 8.31. The number of carboxylic acid groups (broad SMARTS) is 1. The summed E-state index contributed by atoms with van der Waals surface area (Å²) >= 11 is 9.53. The van der Waals surface area contributed by atoms with Crippen LogP contribution in [-0.4, -0.2) is 48.7 Å². The Morgan fingerprint density at radius 1 is 0.731 bits per heavy atom. The molecule has 1 amide bonds. The molecule has 0 saturated carbocycles. The van der Waals surface area contributed by atoms with Gasteiger partial charge >= 0.3 is 5.97 Å². The van der Waals surface area contributed by atoms with Crippen molar-refractivity contribution in [2.24, 2.45) is 5.73 Å². The van der Waals surface area contributed by atoms with Gasteiger partial charge in [0.05, 0.1) is 11.4 Å². The first-order chi connectivity index (χ1) is 25.0. The quantitative estimate of drug-likeness (QED) is 0.127. The van der Waals surface area contributed by atoms with Gasteiger partial charge < -0.3 is 35.1 Å². The van der Waals surface area contributed by atoms with Crippen LogP contribution in [0, 0.1) is 11.6 Å². The van der Waals surface area contributed by atoms with Crippen molar-refractivity contribution in [3.05, 3.63) is 131 Å². The van der Waals surface area contributed by atoms with E-state index in [2.05, 4.69) is 5.32 Å². The first-order valence-corrected chi connectivity index (χ1v) is 17.1. The van der Waals surface area contributed by atoms with Gasteiger partial charge in [0.15, 0.2) is 23.0 Å². The van der Waals surface area contributed by atoms with E-state index in [-0.39, 0.29) is 35.0 Å². The highest BCUT2D eigenvalue weighted by Gasteiger charge is 2.15. The molecule has 6 rings (SSSR count). The van der Waals surface area contributed by atoms with Gasteiger partial charge in [0.1, 0.15) is 38.1 Å². The molecule has 0 fully saturated rings. The molecule has 2 heterocycles. The maximum atomic E-state index is 13.1. The Morgan fingerprint density at radius 2 is 1.17 bits per heavy atom. The minimum absolute atomic E-state index is 0.0378. The monoisotopic (exact) mass is 756 g/mol. The second-order valence-corrected chi connectivity index (χ2v) is 11.8. The minimum Gasteiger partial charge on any atom is -0.486 e. The van der Waals surface area contributed by atoms with Crippen LogP contribution in [0.4, 0.5) is 8.78 Å². The van der Waals surface area contributed by atoms with Crippen molar-refractivity contribution in [2.45, 2.75) is 25.9 Å². The molecule has 0 aliphatic carbocycles. The van der Waals surface area contributed by atoms with Gasteiger partial charge in [-0.2, -0.15) is 0 Å². The van der Waals surface area contributed by atoms with Gasteiger partial charge in [-0.05, 0) is 96.8 Å². The Labute approximate surface area is 311 Å². The highest BCUT2D eigenvalue weighted by Crippen LogP contribution is 2.33. The van der Waals surface area contributed by atoms with E-state index < -0.39 is 5.97 Å². The lowest BCUT2D eigenvalue weighted by Crippen LogP contribution is -2.25. The Morgan fingerprint density at radius 3 is 1.63 bits per heavy atom. The second kappa shape index (κ2) is 22.0. The maximum absolute atomic E-state index is 13.1. The number of benzene rings is 4. The molecule has 9 nitrogen and oxygen atoms in total. The van der Waals surface area contributed by atoms with Crippen LogP contribution >= 0.6 is 23.2 Å². The molecule has 52 heavy (non-hydrogen) atoms. The normalized spacial score (nSPS) is 13.6. The number of hydrogen-bond donors (Lipinski definition) is 3. The van der Waals surface area contributed by atoms with Crippen molar-refractivity contribution in [1.29, 1.82) is 0 Å². The van der Waals surface area contributed by atoms with Crippen molar-refractivity contribution in [3.63, 3.8) is 0 Å². The SMILES string of the molecule is CC(N)c1ccc2c(c1)OCCO2.CC(NC(=O)/C=C/c1cccc(F)c1)c1ccc2c(c1)OCCO2.ClCCl.O=C(O)/C=C/c1cccc(F)c1. The van der Waals surface area contributed by atoms with E-state index in [9.17, 15) is 18.4 Å². The van der Waals surface area contributed by atoms with Crippen LogP contribution < -0.4 is 30.0 Å². The molecule has 0 spiro atoms. The summed E-state index contributed by atoms with van der Waals surface area (Å²) in [6.45, 7) is 6.15. The molecule has 0 bridgehead atoms. The van der Waals surface area contributed by atoms with E-state index >= 15 is 0 Å². The zero-order chi connectivity index (χ0) is 37.9. The van der Waals surface area contributed by atoms with E-state index in [0.717, 1.165) is 34.5 Å². The molecular weight excluding hydrogens is 717 g/mol. The fraction of sp³-hybridized carbons (Fsp3) is 0.231. The number of hydrogen-bond acceptors (Lipinski definition) is 7. The van der Waals surface area contributed by atoms with Crippen LogP contribution in [0.15, 0.2) is 97.1 Å². The van der Waals surface area contributed by atoms with Gasteiger partial charge in [0, 0.05) is 18.2 Å². The molecule has 0 radical (unpaired) electrons. The molecular formula is C39H40Cl2F2N2O7. The first-order valence-electron chi connectivity index (χ1n) is 16.1. The molecule has 2 aliphatic heterocycles. The van der Waals surface area contributed by atoms with Gasteiger partial charge in [-0.15, -0.1) is 23.2 Å². The zero-order valence-corrected chi connectivity index (χ0v) is 30.1. The third kappa shape index (κ3) is 14.6. The summed E-state index contributed by atoms with van der Waals surface area (Å²) in [6, 6.07) is 23.1. The average Bonchev–Trinajstić information content (AvgIpc) is 3.13. The fourth-order valence-electron chi connectivity index (χ4n) is 4.58. The highest BCUT2D eigenvalue weighted by atomic mass is 35.5. The molecule has 4 aromatic carbocycles. The van der Waals surface area contributed by atoms with Crippen LogP contribution in [0.5, 0.6) is 23.0 Å². The lowest BCUT2D eigenvalue weighted by atomic mass is 10.1. The Balaban J connectivity index is 0.000000220. The Hall–Kier alpha value is -5.10. The lowest BCUT2D eigenvalue weighted by Gasteiger charge is -2.20. The standard InChI is InChI=1S/C19H18FNO3.C10H13NO2.C9H7FO2.CH2Cl2/c1-13(15-6-7-17-18(12-15)24-10-9-23-17)21-19(22)8-5-14-3-2-4-16(20)11-14;1-7(11)8-2-3-9-10(6-8)13-5-4-12-9;10-8-3-1-2-7(6-8)4-5-9(11)12;2-1-3/h2-8,11-13H,9-10H2,1H3,(H,21,22);2-3,6-7H,4-5,11H2,1H3;1-6H,(H,11,12);1H2/b8-5+;;5-4+;. The second-order valence-electron chi connectivity index (χ2n) is 11.0. The number of rotatable bonds is 7. The lowest BCUT2D eigenvalue weighted by molar-refractivity contribution is -0.131. The smallest absolute Gasteiger partial charge is 0.328 e. The number of nitrogens with one attached hydrogen (secondary N) is 1. The number of carbonyl (C=O) groups is 2. The number of amides is 1. The maximum Gasteiger partial charge on any atom is 0.328 e. The Kier molecular flexibility index (Phi) is 17.5. The van der Waals surface area contributed by atoms with E-state index in [1.165, 1.54) is 42.5 Å². The van der Waals surface area contributed by atoms with E-state index in [4.69, 9.17) is 53.0 Å². The highest BCUT2D eigenvalue weighted by molar-refractivity contribution is 6.40. The van der Waals surface area contributed by atoms with E-state index in [1.807, 2.05) is 50.2 Å². The van der Waals surface area contributed by atoms with Crippen molar-refractivity contribution in [1.82, 2.24) is 5.32 Å². The molecule has 2 aliphatic rings. The molecule has 276 valence electrons. The van der Waals surface area contributed by atoms with E-state index in [1.54, 1.807) is 24.3 Å². The topological polar surface area (TPSA) is 129 Å². The number of aliphatic carboxylic acids is 1. The van der Waals surface area contributed by atoms with E-state index in [0.29, 0.717) is 43.3 Å². The first kappa shape index (κ1) is 41.3. The van der Waals surface area contributed by atoms with Crippen LogP contribution in [0.2, 0.25) is 0 Å². The van der Waals surface area contributed by atoms with Crippen molar-refractivity contribution < 1.29 is 42.4 Å². The summed E-state index contributed by atoms with van der Waals surface area (Å²) in [5, 5.41) is 11.3. The number of fused-ring (bicyclic) bond motifs is 2. The van der Waals surface area contributed by atoms with Crippen LogP contribution in [0.3, 0.4) is 0 Å². The van der Waals surface area contributed by atoms with Gasteiger partial charge in [0.2, 0.25) is 5.91 Å². The average molecular weight is 758 g/mol. The summed E-state index contributed by atoms with van der Waals surface area (Å²) in [4.78, 5) is 22.1. The summed E-state index contributed by atoms with van der Waals surface area (Å²) in [5.41, 5.74) is 8.92. The molecule has 2 atom stereocenters. The number of carbonyl (C=O) groups excluding carboxylic acids is 1. The molecule has 4 N–H and O–H groups in total. The Bertz CT molecular complexity index is 1820. The van der Waals surface area contributed by atoms with Gasteiger partial charge in [-0.3, -0.25) is 4.79 Å². The van der Waals surface area contributed by atoms with Gasteiger partial charge in [0.25, 0.3) is 0 Å². The number of halogens is 4. The van der Waals surface area contributed by atoms with Gasteiger partial charge in [-0.25, -0.2) is 13.6 Å². The number of carboxylic acids is 1. The molecule has 2 unspecified atom stereocenters.